The smallest absolute Gasteiger partial charge is 0.251 e. The zero-order valence-electron chi connectivity index (χ0n) is 13.0. The van der Waals surface area contributed by atoms with E-state index < -0.39 is 0 Å². The highest BCUT2D eigenvalue weighted by molar-refractivity contribution is 5.94. The molecule has 3 nitrogen and oxygen atoms in total. The van der Waals surface area contributed by atoms with Crippen molar-refractivity contribution in [3.63, 3.8) is 0 Å². The minimum atomic E-state index is 0.0847. The average Bonchev–Trinajstić information content (AvgIpc) is 2.78. The molecule has 1 saturated carbocycles. The van der Waals surface area contributed by atoms with Gasteiger partial charge in [0.05, 0.1) is 0 Å². The Hall–Kier alpha value is -1.35. The van der Waals surface area contributed by atoms with Gasteiger partial charge in [-0.05, 0) is 48.9 Å². The van der Waals surface area contributed by atoms with E-state index >= 15 is 0 Å². The first-order valence-corrected chi connectivity index (χ1v) is 8.37. The van der Waals surface area contributed by atoms with Crippen molar-refractivity contribution in [2.75, 3.05) is 0 Å². The molecule has 2 N–H and O–H groups in total. The number of hydrogen-bond acceptors (Lipinski definition) is 2. The molecule has 1 fully saturated rings. The van der Waals surface area contributed by atoms with E-state index in [-0.39, 0.29) is 11.9 Å². The molecule has 0 unspecified atom stereocenters. The van der Waals surface area contributed by atoms with Crippen LogP contribution in [0.1, 0.15) is 66.9 Å². The average molecular weight is 286 g/mol. The Bertz CT molecular complexity index is 504. The van der Waals surface area contributed by atoms with Crippen LogP contribution in [-0.4, -0.2) is 11.9 Å². The summed E-state index contributed by atoms with van der Waals surface area (Å²) in [6.45, 7) is 3.98. The fourth-order valence-electron chi connectivity index (χ4n) is 3.65. The van der Waals surface area contributed by atoms with Gasteiger partial charge < -0.3 is 10.6 Å². The van der Waals surface area contributed by atoms with E-state index in [1.54, 1.807) is 0 Å². The topological polar surface area (TPSA) is 41.1 Å². The van der Waals surface area contributed by atoms with Crippen LogP contribution in [0.25, 0.3) is 0 Å². The highest BCUT2D eigenvalue weighted by Crippen LogP contribution is 2.25. The fourth-order valence-corrected chi connectivity index (χ4v) is 3.65. The SMILES string of the molecule is C[C@H](NC(=O)c1ccc2c(c1)CNC2)C1CCCCCC1. The summed E-state index contributed by atoms with van der Waals surface area (Å²) in [6, 6.07) is 6.37. The fraction of sp³-hybridized carbons (Fsp3) is 0.611. The van der Waals surface area contributed by atoms with E-state index in [1.807, 2.05) is 12.1 Å². The number of fused-ring (bicyclic) bond motifs is 1. The Balaban J connectivity index is 1.62. The van der Waals surface area contributed by atoms with Crippen LogP contribution in [0.2, 0.25) is 0 Å². The summed E-state index contributed by atoms with van der Waals surface area (Å²) >= 11 is 0. The molecule has 2 aliphatic rings. The standard InChI is InChI=1S/C18H26N2O/c1-13(14-6-4-2-3-5-7-14)20-18(21)15-8-9-16-11-19-12-17(16)10-15/h8-10,13-14,19H,2-7,11-12H2,1H3,(H,20,21)/t13-/m0/s1. The Morgan fingerprint density at radius 2 is 1.86 bits per heavy atom. The van der Waals surface area contributed by atoms with Gasteiger partial charge in [-0.3, -0.25) is 4.79 Å². The summed E-state index contributed by atoms with van der Waals surface area (Å²) in [6.07, 6.45) is 7.86. The lowest BCUT2D eigenvalue weighted by Crippen LogP contribution is -2.38. The molecule has 0 radical (unpaired) electrons. The second-order valence-corrected chi connectivity index (χ2v) is 6.60. The molecule has 21 heavy (non-hydrogen) atoms. The zero-order chi connectivity index (χ0) is 14.7. The molecule has 0 saturated heterocycles. The maximum atomic E-state index is 12.5. The Labute approximate surface area is 127 Å². The molecule has 114 valence electrons. The van der Waals surface area contributed by atoms with Gasteiger partial charge in [-0.2, -0.15) is 0 Å². The number of nitrogens with one attached hydrogen (secondary N) is 2. The maximum absolute atomic E-state index is 12.5. The lowest BCUT2D eigenvalue weighted by molar-refractivity contribution is 0.0924. The first kappa shape index (κ1) is 14.6. The van der Waals surface area contributed by atoms with Crippen LogP contribution in [0.15, 0.2) is 18.2 Å². The normalized spacial score (nSPS) is 20.6. The van der Waals surface area contributed by atoms with Crippen molar-refractivity contribution in [2.45, 2.75) is 64.6 Å². The summed E-state index contributed by atoms with van der Waals surface area (Å²) < 4.78 is 0. The predicted octanol–water partition coefficient (Wildman–Crippen LogP) is 3.38. The molecule has 1 aliphatic heterocycles. The molecule has 1 aromatic carbocycles. The zero-order valence-corrected chi connectivity index (χ0v) is 13.0. The first-order valence-electron chi connectivity index (χ1n) is 8.37. The summed E-state index contributed by atoms with van der Waals surface area (Å²) in [5.41, 5.74) is 3.39. The van der Waals surface area contributed by atoms with Gasteiger partial charge in [0.2, 0.25) is 0 Å². The van der Waals surface area contributed by atoms with Gasteiger partial charge in [0.1, 0.15) is 0 Å². The van der Waals surface area contributed by atoms with E-state index in [2.05, 4.69) is 23.6 Å². The second-order valence-electron chi connectivity index (χ2n) is 6.60. The molecule has 1 amide bonds. The molecule has 0 bridgehead atoms. The van der Waals surface area contributed by atoms with Gasteiger partial charge in [0.15, 0.2) is 0 Å². The van der Waals surface area contributed by atoms with Crippen molar-refractivity contribution in [1.29, 1.82) is 0 Å². The van der Waals surface area contributed by atoms with Gasteiger partial charge in [-0.1, -0.05) is 31.7 Å². The van der Waals surface area contributed by atoms with Crippen molar-refractivity contribution in [3.05, 3.63) is 34.9 Å². The minimum absolute atomic E-state index is 0.0847. The van der Waals surface area contributed by atoms with Crippen LogP contribution < -0.4 is 10.6 Å². The second kappa shape index (κ2) is 6.61. The minimum Gasteiger partial charge on any atom is -0.349 e. The quantitative estimate of drug-likeness (QED) is 0.836. The molecular formula is C18H26N2O. The van der Waals surface area contributed by atoms with Gasteiger partial charge in [0.25, 0.3) is 5.91 Å². The van der Waals surface area contributed by atoms with Gasteiger partial charge in [-0.25, -0.2) is 0 Å². The summed E-state index contributed by atoms with van der Waals surface area (Å²) in [7, 11) is 0. The van der Waals surface area contributed by atoms with E-state index in [0.717, 1.165) is 18.7 Å². The van der Waals surface area contributed by atoms with E-state index in [9.17, 15) is 4.79 Å². The molecule has 1 atom stereocenters. The third-order valence-electron chi connectivity index (χ3n) is 5.07. The van der Waals surface area contributed by atoms with Crippen LogP contribution in [0.3, 0.4) is 0 Å². The third-order valence-corrected chi connectivity index (χ3v) is 5.07. The molecule has 1 aliphatic carbocycles. The Morgan fingerprint density at radius 1 is 1.14 bits per heavy atom. The van der Waals surface area contributed by atoms with Gasteiger partial charge >= 0.3 is 0 Å². The van der Waals surface area contributed by atoms with E-state index in [0.29, 0.717) is 5.92 Å². The molecule has 1 aromatic rings. The number of amides is 1. The highest BCUT2D eigenvalue weighted by Gasteiger charge is 2.21. The highest BCUT2D eigenvalue weighted by atomic mass is 16.1. The van der Waals surface area contributed by atoms with Crippen molar-refractivity contribution in [2.24, 2.45) is 5.92 Å². The third kappa shape index (κ3) is 3.46. The maximum Gasteiger partial charge on any atom is 0.251 e. The molecule has 0 aromatic heterocycles. The Kier molecular flexibility index (Phi) is 4.59. The lowest BCUT2D eigenvalue weighted by atomic mass is 9.92. The predicted molar refractivity (Wildman–Crippen MR) is 85.1 cm³/mol. The van der Waals surface area contributed by atoms with Crippen molar-refractivity contribution in [3.8, 4) is 0 Å². The number of carbonyl (C=O) groups is 1. The summed E-state index contributed by atoms with van der Waals surface area (Å²) in [5.74, 6) is 0.731. The largest absolute Gasteiger partial charge is 0.349 e. The van der Waals surface area contributed by atoms with Gasteiger partial charge in [0, 0.05) is 24.7 Å². The first-order chi connectivity index (χ1) is 10.2. The van der Waals surface area contributed by atoms with Crippen LogP contribution >= 0.6 is 0 Å². The molecule has 3 rings (SSSR count). The number of benzene rings is 1. The van der Waals surface area contributed by atoms with E-state index in [4.69, 9.17) is 0 Å². The molecule has 3 heteroatoms. The number of rotatable bonds is 3. The monoisotopic (exact) mass is 286 g/mol. The number of carbonyl (C=O) groups excluding carboxylic acids is 1. The van der Waals surface area contributed by atoms with Gasteiger partial charge in [-0.15, -0.1) is 0 Å². The van der Waals surface area contributed by atoms with Crippen LogP contribution in [0.5, 0.6) is 0 Å². The summed E-state index contributed by atoms with van der Waals surface area (Å²) in [5, 5.41) is 6.55. The molecular weight excluding hydrogens is 260 g/mol. The van der Waals surface area contributed by atoms with E-state index in [1.165, 1.54) is 49.7 Å². The van der Waals surface area contributed by atoms with Crippen LogP contribution in [-0.2, 0) is 13.1 Å². The van der Waals surface area contributed by atoms with Crippen molar-refractivity contribution < 1.29 is 4.79 Å². The van der Waals surface area contributed by atoms with Crippen molar-refractivity contribution in [1.82, 2.24) is 10.6 Å². The van der Waals surface area contributed by atoms with Crippen molar-refractivity contribution >= 4 is 5.91 Å². The molecule has 0 spiro atoms. The molecule has 1 heterocycles. The van der Waals surface area contributed by atoms with Crippen LogP contribution in [0.4, 0.5) is 0 Å². The summed E-state index contributed by atoms with van der Waals surface area (Å²) in [4.78, 5) is 12.5. The number of hydrogen-bond donors (Lipinski definition) is 2. The van der Waals surface area contributed by atoms with Crippen LogP contribution in [0, 0.1) is 5.92 Å². The lowest BCUT2D eigenvalue weighted by Gasteiger charge is -2.23. The Morgan fingerprint density at radius 3 is 2.62 bits per heavy atom.